The first kappa shape index (κ1) is 16.8. The van der Waals surface area contributed by atoms with E-state index in [1.165, 1.54) is 0 Å². The van der Waals surface area contributed by atoms with E-state index >= 15 is 0 Å². The van der Waals surface area contributed by atoms with Gasteiger partial charge in [-0.2, -0.15) is 5.10 Å². The number of carbonyl (C=O) groups is 1. The summed E-state index contributed by atoms with van der Waals surface area (Å²) in [4.78, 5) is 14.7. The molecule has 0 bridgehead atoms. The fourth-order valence-electron chi connectivity index (χ4n) is 3.30. The minimum Gasteiger partial charge on any atom is -0.368 e. The quantitative estimate of drug-likeness (QED) is 0.894. The number of anilines is 1. The SMILES string of the molecule is Cc1n[nH]c(C)c1CC(=O)N[C@H]1CCCN(c2ccccc2Cl)C1. The van der Waals surface area contributed by atoms with Gasteiger partial charge in [0.25, 0.3) is 0 Å². The molecule has 1 aliphatic heterocycles. The van der Waals surface area contributed by atoms with Crippen LogP contribution in [-0.2, 0) is 11.2 Å². The molecule has 1 aromatic carbocycles. The van der Waals surface area contributed by atoms with Gasteiger partial charge in [0, 0.05) is 30.4 Å². The maximum absolute atomic E-state index is 12.4. The molecule has 0 radical (unpaired) electrons. The zero-order chi connectivity index (χ0) is 17.1. The molecular weight excluding hydrogens is 324 g/mol. The molecule has 5 nitrogen and oxygen atoms in total. The predicted molar refractivity (Wildman–Crippen MR) is 96.6 cm³/mol. The normalized spacial score (nSPS) is 17.8. The third-order valence-electron chi connectivity index (χ3n) is 4.60. The van der Waals surface area contributed by atoms with Crippen LogP contribution in [0.1, 0.15) is 29.8 Å². The molecule has 2 aromatic rings. The summed E-state index contributed by atoms with van der Waals surface area (Å²) >= 11 is 6.30. The van der Waals surface area contributed by atoms with E-state index in [2.05, 4.69) is 20.4 Å². The van der Waals surface area contributed by atoms with Crippen LogP contribution in [0.2, 0.25) is 5.02 Å². The molecule has 0 unspecified atom stereocenters. The van der Waals surface area contributed by atoms with E-state index < -0.39 is 0 Å². The van der Waals surface area contributed by atoms with Crippen LogP contribution < -0.4 is 10.2 Å². The zero-order valence-corrected chi connectivity index (χ0v) is 14.9. The minimum absolute atomic E-state index is 0.0496. The second kappa shape index (κ2) is 7.26. The number of piperidine rings is 1. The maximum Gasteiger partial charge on any atom is 0.224 e. The first-order valence-corrected chi connectivity index (χ1v) is 8.71. The number of aryl methyl sites for hydroxylation is 2. The van der Waals surface area contributed by atoms with Crippen LogP contribution in [0.15, 0.2) is 24.3 Å². The summed E-state index contributed by atoms with van der Waals surface area (Å²) in [7, 11) is 0. The molecule has 3 rings (SSSR count). The van der Waals surface area contributed by atoms with Crippen LogP contribution >= 0.6 is 11.6 Å². The Balaban J connectivity index is 1.61. The highest BCUT2D eigenvalue weighted by Gasteiger charge is 2.23. The van der Waals surface area contributed by atoms with Crippen LogP contribution in [0.4, 0.5) is 5.69 Å². The molecule has 24 heavy (non-hydrogen) atoms. The van der Waals surface area contributed by atoms with Crippen molar-refractivity contribution < 1.29 is 4.79 Å². The van der Waals surface area contributed by atoms with Crippen LogP contribution in [-0.4, -0.2) is 35.2 Å². The lowest BCUT2D eigenvalue weighted by molar-refractivity contribution is -0.121. The number of nitrogens with zero attached hydrogens (tertiary/aromatic N) is 2. The minimum atomic E-state index is 0.0496. The number of carbonyl (C=O) groups excluding carboxylic acids is 1. The number of aromatic nitrogens is 2. The van der Waals surface area contributed by atoms with Crippen molar-refractivity contribution in [1.29, 1.82) is 0 Å². The average molecular weight is 347 g/mol. The molecular formula is C18H23ClN4O. The van der Waals surface area contributed by atoms with E-state index in [9.17, 15) is 4.79 Å². The monoisotopic (exact) mass is 346 g/mol. The van der Waals surface area contributed by atoms with E-state index in [-0.39, 0.29) is 11.9 Å². The standard InChI is InChI=1S/C18H23ClN4O/c1-12-15(13(2)22-21-12)10-18(24)20-14-6-5-9-23(11-14)17-8-4-3-7-16(17)19/h3-4,7-8,14H,5-6,9-11H2,1-2H3,(H,20,24)(H,21,22)/t14-/m0/s1. The third kappa shape index (κ3) is 3.73. The number of rotatable bonds is 4. The van der Waals surface area contributed by atoms with Crippen molar-refractivity contribution in [3.05, 3.63) is 46.2 Å². The van der Waals surface area contributed by atoms with Crippen LogP contribution in [0.25, 0.3) is 0 Å². The molecule has 0 saturated carbocycles. The van der Waals surface area contributed by atoms with Gasteiger partial charge in [-0.3, -0.25) is 9.89 Å². The Morgan fingerprint density at radius 2 is 2.21 bits per heavy atom. The second-order valence-corrected chi connectivity index (χ2v) is 6.80. The summed E-state index contributed by atoms with van der Waals surface area (Å²) in [6.45, 7) is 5.63. The molecule has 1 fully saturated rings. The van der Waals surface area contributed by atoms with Crippen molar-refractivity contribution in [2.45, 2.75) is 39.2 Å². The number of H-pyrrole nitrogens is 1. The lowest BCUT2D eigenvalue weighted by Gasteiger charge is -2.35. The summed E-state index contributed by atoms with van der Waals surface area (Å²) in [5.41, 5.74) is 3.89. The smallest absolute Gasteiger partial charge is 0.224 e. The number of nitrogens with one attached hydrogen (secondary N) is 2. The van der Waals surface area contributed by atoms with Crippen molar-refractivity contribution in [2.75, 3.05) is 18.0 Å². The number of hydrogen-bond acceptors (Lipinski definition) is 3. The molecule has 128 valence electrons. The zero-order valence-electron chi connectivity index (χ0n) is 14.1. The molecule has 1 saturated heterocycles. The molecule has 1 aromatic heterocycles. The topological polar surface area (TPSA) is 61.0 Å². The van der Waals surface area contributed by atoms with Crippen molar-refractivity contribution in [3.63, 3.8) is 0 Å². The first-order chi connectivity index (χ1) is 11.5. The Morgan fingerprint density at radius 3 is 2.92 bits per heavy atom. The lowest BCUT2D eigenvalue weighted by Crippen LogP contribution is -2.48. The summed E-state index contributed by atoms with van der Waals surface area (Å²) in [5.74, 6) is 0.0496. The number of halogens is 1. The average Bonchev–Trinajstić information content (AvgIpc) is 2.87. The van der Waals surface area contributed by atoms with Gasteiger partial charge in [-0.25, -0.2) is 0 Å². The Kier molecular flexibility index (Phi) is 5.09. The molecule has 0 aliphatic carbocycles. The van der Waals surface area contributed by atoms with E-state index in [0.29, 0.717) is 6.42 Å². The Bertz CT molecular complexity index is 708. The largest absolute Gasteiger partial charge is 0.368 e. The fourth-order valence-corrected chi connectivity index (χ4v) is 3.55. The van der Waals surface area contributed by atoms with E-state index in [1.54, 1.807) is 0 Å². The van der Waals surface area contributed by atoms with Crippen LogP contribution in [0, 0.1) is 13.8 Å². The molecule has 6 heteroatoms. The number of aromatic amines is 1. The van der Waals surface area contributed by atoms with Crippen LogP contribution in [0.5, 0.6) is 0 Å². The molecule has 2 heterocycles. The van der Waals surface area contributed by atoms with Crippen molar-refractivity contribution >= 4 is 23.2 Å². The van der Waals surface area contributed by atoms with Crippen molar-refractivity contribution in [3.8, 4) is 0 Å². The van der Waals surface area contributed by atoms with Gasteiger partial charge in [0.2, 0.25) is 5.91 Å². The van der Waals surface area contributed by atoms with Gasteiger partial charge in [0.1, 0.15) is 0 Å². The van der Waals surface area contributed by atoms with Gasteiger partial charge < -0.3 is 10.2 Å². The molecule has 1 aliphatic rings. The summed E-state index contributed by atoms with van der Waals surface area (Å²) in [6, 6.07) is 8.02. The lowest BCUT2D eigenvalue weighted by atomic mass is 10.0. The molecule has 1 amide bonds. The van der Waals surface area contributed by atoms with Crippen molar-refractivity contribution in [1.82, 2.24) is 15.5 Å². The number of benzene rings is 1. The Labute approximate surface area is 147 Å². The number of amides is 1. The van der Waals surface area contributed by atoms with Crippen molar-refractivity contribution in [2.24, 2.45) is 0 Å². The Morgan fingerprint density at radius 1 is 1.42 bits per heavy atom. The van der Waals surface area contributed by atoms with Gasteiger partial charge in [-0.1, -0.05) is 23.7 Å². The van der Waals surface area contributed by atoms with Gasteiger partial charge in [0.05, 0.1) is 22.8 Å². The van der Waals surface area contributed by atoms with Gasteiger partial charge in [-0.15, -0.1) is 0 Å². The van der Waals surface area contributed by atoms with E-state index in [4.69, 9.17) is 11.6 Å². The van der Waals surface area contributed by atoms with Gasteiger partial charge in [0.15, 0.2) is 0 Å². The number of para-hydroxylation sites is 1. The number of hydrogen-bond donors (Lipinski definition) is 2. The van der Waals surface area contributed by atoms with Gasteiger partial charge >= 0.3 is 0 Å². The predicted octanol–water partition coefficient (Wildman–Crippen LogP) is 3.01. The molecule has 2 N–H and O–H groups in total. The highest BCUT2D eigenvalue weighted by atomic mass is 35.5. The van der Waals surface area contributed by atoms with E-state index in [0.717, 1.165) is 53.6 Å². The fraction of sp³-hybridized carbons (Fsp3) is 0.444. The second-order valence-electron chi connectivity index (χ2n) is 6.39. The maximum atomic E-state index is 12.4. The summed E-state index contributed by atoms with van der Waals surface area (Å²) in [5, 5.41) is 11.0. The summed E-state index contributed by atoms with van der Waals surface area (Å²) in [6.07, 6.45) is 2.41. The third-order valence-corrected chi connectivity index (χ3v) is 4.92. The van der Waals surface area contributed by atoms with Gasteiger partial charge in [-0.05, 0) is 38.8 Å². The molecule has 0 spiro atoms. The highest BCUT2D eigenvalue weighted by Crippen LogP contribution is 2.27. The highest BCUT2D eigenvalue weighted by molar-refractivity contribution is 6.33. The molecule has 1 atom stereocenters. The summed E-state index contributed by atoms with van der Waals surface area (Å²) < 4.78 is 0. The Hall–Kier alpha value is -2.01. The van der Waals surface area contributed by atoms with E-state index in [1.807, 2.05) is 38.1 Å². The van der Waals surface area contributed by atoms with Crippen LogP contribution in [0.3, 0.4) is 0 Å². The first-order valence-electron chi connectivity index (χ1n) is 8.34.